The summed E-state index contributed by atoms with van der Waals surface area (Å²) in [6.07, 6.45) is 2.87. The van der Waals surface area contributed by atoms with Crippen molar-refractivity contribution < 1.29 is 4.74 Å². The summed E-state index contributed by atoms with van der Waals surface area (Å²) < 4.78 is 5.03. The van der Waals surface area contributed by atoms with Gasteiger partial charge in [0.25, 0.3) is 0 Å². The lowest BCUT2D eigenvalue weighted by Gasteiger charge is -2.05. The summed E-state index contributed by atoms with van der Waals surface area (Å²) in [5, 5.41) is 0. The number of hydrogen-bond donors (Lipinski definition) is 0. The largest absolute Gasteiger partial charge is 0.481 e. The highest BCUT2D eigenvalue weighted by atomic mass is 16.5. The average Bonchev–Trinajstić information content (AvgIpc) is 2.03. The van der Waals surface area contributed by atoms with Crippen LogP contribution in [0.4, 0.5) is 0 Å². The van der Waals surface area contributed by atoms with Crippen LogP contribution in [0.2, 0.25) is 0 Å². The van der Waals surface area contributed by atoms with E-state index < -0.39 is 0 Å². The minimum Gasteiger partial charge on any atom is -0.481 e. The van der Waals surface area contributed by atoms with Gasteiger partial charge in [0, 0.05) is 12.3 Å². The zero-order valence-electron chi connectivity index (χ0n) is 7.87. The molecule has 1 aromatic rings. The molecular formula is C10H15NO. The molecule has 0 fully saturated rings. The molecule has 0 aliphatic carbocycles. The van der Waals surface area contributed by atoms with Crippen LogP contribution in [-0.4, -0.2) is 12.1 Å². The van der Waals surface area contributed by atoms with E-state index in [9.17, 15) is 0 Å². The molecule has 0 unspecified atom stereocenters. The van der Waals surface area contributed by atoms with Crippen LogP contribution in [0.25, 0.3) is 0 Å². The molecule has 0 bridgehead atoms. The van der Waals surface area contributed by atoms with Crippen LogP contribution >= 0.6 is 0 Å². The van der Waals surface area contributed by atoms with Crippen molar-refractivity contribution in [2.45, 2.75) is 20.3 Å². The first-order chi connectivity index (χ1) is 5.72. The summed E-state index contributed by atoms with van der Waals surface area (Å²) in [6.45, 7) is 4.40. The quantitative estimate of drug-likeness (QED) is 0.685. The summed E-state index contributed by atoms with van der Waals surface area (Å²) in [5.74, 6) is 1.38. The van der Waals surface area contributed by atoms with Crippen molar-refractivity contribution in [1.82, 2.24) is 4.98 Å². The lowest BCUT2D eigenvalue weighted by atomic mass is 10.0. The third kappa shape index (κ3) is 2.53. The van der Waals surface area contributed by atoms with Crippen molar-refractivity contribution in [3.05, 3.63) is 23.9 Å². The fourth-order valence-corrected chi connectivity index (χ4v) is 1.16. The van der Waals surface area contributed by atoms with Crippen molar-refractivity contribution >= 4 is 0 Å². The molecule has 2 nitrogen and oxygen atoms in total. The minimum atomic E-state index is 0.678. The second kappa shape index (κ2) is 4.10. The highest BCUT2D eigenvalue weighted by Crippen LogP contribution is 2.12. The number of nitrogens with zero attached hydrogens (tertiary/aromatic N) is 1. The molecule has 0 saturated heterocycles. The lowest BCUT2D eigenvalue weighted by molar-refractivity contribution is 0.397. The first-order valence-corrected chi connectivity index (χ1v) is 4.21. The zero-order chi connectivity index (χ0) is 8.97. The van der Waals surface area contributed by atoms with Gasteiger partial charge in [0.05, 0.1) is 7.11 Å². The number of hydrogen-bond acceptors (Lipinski definition) is 2. The topological polar surface area (TPSA) is 22.1 Å². The molecule has 0 saturated carbocycles. The molecule has 0 aromatic carbocycles. The minimum absolute atomic E-state index is 0.678. The van der Waals surface area contributed by atoms with Crippen LogP contribution in [0.3, 0.4) is 0 Å². The van der Waals surface area contributed by atoms with Crippen molar-refractivity contribution in [3.63, 3.8) is 0 Å². The highest BCUT2D eigenvalue weighted by Gasteiger charge is 1.99. The van der Waals surface area contributed by atoms with E-state index in [0.717, 1.165) is 6.42 Å². The summed E-state index contributed by atoms with van der Waals surface area (Å²) >= 11 is 0. The standard InChI is InChI=1S/C10H15NO/c1-8(2)6-9-4-5-11-10(7-9)12-3/h4-5,7-8H,6H2,1-3H3. The van der Waals surface area contributed by atoms with Crippen LogP contribution in [0.5, 0.6) is 5.88 Å². The molecule has 12 heavy (non-hydrogen) atoms. The Morgan fingerprint density at radius 3 is 2.83 bits per heavy atom. The maximum Gasteiger partial charge on any atom is 0.213 e. The van der Waals surface area contributed by atoms with E-state index in [1.165, 1.54) is 5.56 Å². The number of rotatable bonds is 3. The summed E-state index contributed by atoms with van der Waals surface area (Å²) in [5.41, 5.74) is 1.29. The van der Waals surface area contributed by atoms with Gasteiger partial charge in [-0.25, -0.2) is 4.98 Å². The maximum absolute atomic E-state index is 5.03. The van der Waals surface area contributed by atoms with E-state index in [0.29, 0.717) is 11.8 Å². The summed E-state index contributed by atoms with van der Waals surface area (Å²) in [4.78, 5) is 4.04. The van der Waals surface area contributed by atoms with E-state index in [1.807, 2.05) is 12.1 Å². The van der Waals surface area contributed by atoms with Crippen LogP contribution in [0.1, 0.15) is 19.4 Å². The molecule has 1 rings (SSSR count). The number of ether oxygens (including phenoxy) is 1. The summed E-state index contributed by atoms with van der Waals surface area (Å²) in [6, 6.07) is 4.02. The monoisotopic (exact) mass is 165 g/mol. The number of aromatic nitrogens is 1. The van der Waals surface area contributed by atoms with Gasteiger partial charge in [-0.2, -0.15) is 0 Å². The normalized spacial score (nSPS) is 10.3. The van der Waals surface area contributed by atoms with Gasteiger partial charge in [0.1, 0.15) is 0 Å². The van der Waals surface area contributed by atoms with Crippen LogP contribution in [-0.2, 0) is 6.42 Å². The van der Waals surface area contributed by atoms with Crippen molar-refractivity contribution in [1.29, 1.82) is 0 Å². The number of methoxy groups -OCH3 is 1. The molecule has 0 radical (unpaired) electrons. The lowest BCUT2D eigenvalue weighted by Crippen LogP contribution is -1.95. The Bertz CT molecular complexity index is 245. The van der Waals surface area contributed by atoms with E-state index in [1.54, 1.807) is 13.3 Å². The van der Waals surface area contributed by atoms with Crippen LogP contribution < -0.4 is 4.74 Å². The van der Waals surface area contributed by atoms with Gasteiger partial charge >= 0.3 is 0 Å². The molecule has 0 N–H and O–H groups in total. The molecule has 2 heteroatoms. The smallest absolute Gasteiger partial charge is 0.213 e. The molecule has 0 spiro atoms. The Labute approximate surface area is 73.6 Å². The Hall–Kier alpha value is -1.05. The Balaban J connectivity index is 2.72. The number of pyridine rings is 1. The fourth-order valence-electron chi connectivity index (χ4n) is 1.16. The van der Waals surface area contributed by atoms with E-state index in [4.69, 9.17) is 4.74 Å². The van der Waals surface area contributed by atoms with E-state index in [2.05, 4.69) is 18.8 Å². The van der Waals surface area contributed by atoms with E-state index in [-0.39, 0.29) is 0 Å². The fraction of sp³-hybridized carbons (Fsp3) is 0.500. The average molecular weight is 165 g/mol. The van der Waals surface area contributed by atoms with Crippen molar-refractivity contribution in [2.24, 2.45) is 5.92 Å². The predicted molar refractivity (Wildman–Crippen MR) is 49.3 cm³/mol. The molecular weight excluding hydrogens is 150 g/mol. The van der Waals surface area contributed by atoms with Gasteiger partial charge in [-0.1, -0.05) is 13.8 Å². The van der Waals surface area contributed by atoms with Crippen molar-refractivity contribution in [2.75, 3.05) is 7.11 Å². The highest BCUT2D eigenvalue weighted by molar-refractivity contribution is 5.20. The summed E-state index contributed by atoms with van der Waals surface area (Å²) in [7, 11) is 1.64. The first kappa shape index (κ1) is 9.04. The molecule has 0 aliphatic rings. The van der Waals surface area contributed by atoms with Crippen molar-refractivity contribution in [3.8, 4) is 5.88 Å². The van der Waals surface area contributed by atoms with Gasteiger partial charge < -0.3 is 4.74 Å². The van der Waals surface area contributed by atoms with E-state index >= 15 is 0 Å². The van der Waals surface area contributed by atoms with Crippen LogP contribution in [0.15, 0.2) is 18.3 Å². The molecule has 1 heterocycles. The molecule has 0 atom stereocenters. The Morgan fingerprint density at radius 2 is 2.25 bits per heavy atom. The first-order valence-electron chi connectivity index (χ1n) is 4.21. The van der Waals surface area contributed by atoms with Gasteiger partial charge in [-0.15, -0.1) is 0 Å². The Kier molecular flexibility index (Phi) is 3.09. The zero-order valence-corrected chi connectivity index (χ0v) is 7.87. The molecule has 0 amide bonds. The predicted octanol–water partition coefficient (Wildman–Crippen LogP) is 2.29. The third-order valence-electron chi connectivity index (χ3n) is 1.65. The SMILES string of the molecule is COc1cc(CC(C)C)ccn1. The molecule has 0 aliphatic heterocycles. The molecule has 66 valence electrons. The molecule has 1 aromatic heterocycles. The maximum atomic E-state index is 5.03. The second-order valence-corrected chi connectivity index (χ2v) is 3.30. The van der Waals surface area contributed by atoms with Gasteiger partial charge in [0.15, 0.2) is 0 Å². The van der Waals surface area contributed by atoms with Gasteiger partial charge in [-0.05, 0) is 24.0 Å². The second-order valence-electron chi connectivity index (χ2n) is 3.30. The van der Waals surface area contributed by atoms with Gasteiger partial charge in [0.2, 0.25) is 5.88 Å². The van der Waals surface area contributed by atoms with Gasteiger partial charge in [-0.3, -0.25) is 0 Å². The Morgan fingerprint density at radius 1 is 1.50 bits per heavy atom. The van der Waals surface area contributed by atoms with Crippen LogP contribution in [0, 0.1) is 5.92 Å². The third-order valence-corrected chi connectivity index (χ3v) is 1.65.